The topological polar surface area (TPSA) is 111 Å². The molecule has 1 unspecified atom stereocenters. The minimum Gasteiger partial charge on any atom is -0.467 e. The predicted octanol–water partition coefficient (Wildman–Crippen LogP) is 15.3. The summed E-state index contributed by atoms with van der Waals surface area (Å²) in [6.07, 6.45) is 50.5. The fourth-order valence-corrected chi connectivity index (χ4v) is 10.4. The van der Waals surface area contributed by atoms with Crippen molar-refractivity contribution in [3.8, 4) is 0 Å². The minimum absolute atomic E-state index is 0.146. The quantitative estimate of drug-likeness (QED) is 0.0353. The Morgan fingerprint density at radius 1 is 0.339 bits per heavy atom. The third-order valence-corrected chi connectivity index (χ3v) is 14.6. The lowest BCUT2D eigenvalue weighted by atomic mass is 10.0. The molecule has 0 radical (unpaired) electrons. The van der Waals surface area contributed by atoms with Gasteiger partial charge in [-0.1, -0.05) is 267 Å². The van der Waals surface area contributed by atoms with E-state index >= 15 is 0 Å². The van der Waals surface area contributed by atoms with Crippen molar-refractivity contribution in [1.29, 1.82) is 0 Å². The first kappa shape index (κ1) is 60.6. The molecule has 0 aromatic carbocycles. The molecule has 0 rings (SSSR count). The maximum atomic E-state index is 12.7. The molecule has 2 atom stereocenters. The molecular weight excluding hydrogens is 813 g/mol. The van der Waals surface area contributed by atoms with Gasteiger partial charge in [0.05, 0.1) is 14.2 Å². The number of carbonyl (C=O) groups excluding carboxylic acids is 4. The maximum Gasteiger partial charge on any atom is 0.329 e. The van der Waals surface area contributed by atoms with Gasteiger partial charge in [-0.2, -0.15) is 0 Å². The fraction of sp³-hybridized carbons (Fsp3) is 0.923. The zero-order chi connectivity index (χ0) is 45.4. The van der Waals surface area contributed by atoms with Gasteiger partial charge in [-0.3, -0.25) is 9.59 Å². The Morgan fingerprint density at radius 2 is 0.532 bits per heavy atom. The number of unbranched alkanes of at least 4 members (excludes halogenated alkanes) is 36. The maximum absolute atomic E-state index is 12.7. The summed E-state index contributed by atoms with van der Waals surface area (Å²) < 4.78 is 9.90. The van der Waals surface area contributed by atoms with Gasteiger partial charge in [-0.15, -0.1) is 0 Å². The zero-order valence-corrected chi connectivity index (χ0v) is 42.8. The Labute approximate surface area is 391 Å². The van der Waals surface area contributed by atoms with Crippen LogP contribution in [0.5, 0.6) is 0 Å². The summed E-state index contributed by atoms with van der Waals surface area (Å²) in [5, 5.41) is 5.68. The van der Waals surface area contributed by atoms with Gasteiger partial charge in [0, 0.05) is 24.3 Å². The molecule has 0 aliphatic rings. The van der Waals surface area contributed by atoms with Gasteiger partial charge in [0.1, 0.15) is 12.1 Å². The second kappa shape index (κ2) is 49.0. The van der Waals surface area contributed by atoms with Crippen molar-refractivity contribution in [2.75, 3.05) is 25.7 Å². The molecule has 10 heteroatoms. The van der Waals surface area contributed by atoms with Gasteiger partial charge in [-0.05, 0) is 12.8 Å². The number of hydrogen-bond acceptors (Lipinski definition) is 8. The average molecular weight is 914 g/mol. The largest absolute Gasteiger partial charge is 0.467 e. The van der Waals surface area contributed by atoms with Crippen molar-refractivity contribution in [3.05, 3.63) is 0 Å². The van der Waals surface area contributed by atoms with Gasteiger partial charge < -0.3 is 20.1 Å². The Morgan fingerprint density at radius 3 is 0.726 bits per heavy atom. The molecule has 62 heavy (non-hydrogen) atoms. The molecule has 0 aromatic heterocycles. The van der Waals surface area contributed by atoms with E-state index < -0.39 is 24.0 Å². The van der Waals surface area contributed by atoms with Crippen molar-refractivity contribution < 1.29 is 28.7 Å². The molecule has 8 nitrogen and oxygen atoms in total. The van der Waals surface area contributed by atoms with Crippen LogP contribution in [0.1, 0.15) is 271 Å². The molecule has 0 bridgehead atoms. The van der Waals surface area contributed by atoms with E-state index in [-0.39, 0.29) is 11.8 Å². The van der Waals surface area contributed by atoms with E-state index in [1.165, 1.54) is 241 Å². The van der Waals surface area contributed by atoms with Crippen LogP contribution in [-0.2, 0) is 28.7 Å². The van der Waals surface area contributed by atoms with Gasteiger partial charge in [0.2, 0.25) is 11.8 Å². The molecule has 0 spiro atoms. The molecule has 2 N–H and O–H groups in total. The lowest BCUT2D eigenvalue weighted by Crippen LogP contribution is -2.44. The Hall–Kier alpha value is -1.42. The van der Waals surface area contributed by atoms with E-state index in [1.54, 1.807) is 0 Å². The van der Waals surface area contributed by atoms with Crippen LogP contribution in [0.15, 0.2) is 0 Å². The summed E-state index contributed by atoms with van der Waals surface area (Å²) >= 11 is 0. The average Bonchev–Trinajstić information content (AvgIpc) is 3.27. The standard InChI is InChI=1S/C52H100N2O6S2/c1-5-7-9-11-13-15-17-19-21-23-25-27-29-31-33-35-37-39-41-43-49(55)53-47(51(57)59-3)45-61-62-46-48(52(58)60-4)54-50(56)44-42-40-38-36-34-32-30-28-26-24-22-20-18-16-14-12-10-8-6-2/h47-48H,5-46H2,1-4H3,(H,53,55)(H,54,56)/t47-,48?/m0/s1. The zero-order valence-electron chi connectivity index (χ0n) is 41.1. The van der Waals surface area contributed by atoms with E-state index in [4.69, 9.17) is 9.47 Å². The molecule has 2 amide bonds. The van der Waals surface area contributed by atoms with Gasteiger partial charge in [0.15, 0.2) is 0 Å². The number of nitrogens with one attached hydrogen (secondary N) is 2. The van der Waals surface area contributed by atoms with Crippen LogP contribution in [0.3, 0.4) is 0 Å². The van der Waals surface area contributed by atoms with Crippen LogP contribution >= 0.6 is 21.6 Å². The number of hydrogen-bond donors (Lipinski definition) is 2. The van der Waals surface area contributed by atoms with Crippen molar-refractivity contribution in [3.63, 3.8) is 0 Å². The number of esters is 2. The van der Waals surface area contributed by atoms with Crippen molar-refractivity contribution >= 4 is 45.3 Å². The summed E-state index contributed by atoms with van der Waals surface area (Å²) in [7, 11) is 5.37. The van der Waals surface area contributed by atoms with Crippen LogP contribution in [0, 0.1) is 0 Å². The first-order chi connectivity index (χ1) is 30.4. The Kier molecular flexibility index (Phi) is 47.9. The van der Waals surface area contributed by atoms with Crippen molar-refractivity contribution in [1.82, 2.24) is 10.6 Å². The molecule has 0 aliphatic heterocycles. The third-order valence-electron chi connectivity index (χ3n) is 12.2. The molecule has 0 aromatic rings. The first-order valence-corrected chi connectivity index (χ1v) is 28.9. The van der Waals surface area contributed by atoms with E-state index in [0.29, 0.717) is 24.3 Å². The summed E-state index contributed by atoms with van der Waals surface area (Å²) in [4.78, 5) is 50.2. The van der Waals surface area contributed by atoms with E-state index in [1.807, 2.05) is 0 Å². The van der Waals surface area contributed by atoms with E-state index in [9.17, 15) is 19.2 Å². The highest BCUT2D eigenvalue weighted by atomic mass is 33.1. The third kappa shape index (κ3) is 42.5. The summed E-state index contributed by atoms with van der Waals surface area (Å²) in [6.45, 7) is 4.56. The second-order valence-corrected chi connectivity index (χ2v) is 20.6. The van der Waals surface area contributed by atoms with Crippen LogP contribution < -0.4 is 10.6 Å². The second-order valence-electron chi connectivity index (χ2n) is 18.1. The fourth-order valence-electron chi connectivity index (χ4n) is 8.12. The van der Waals surface area contributed by atoms with Crippen molar-refractivity contribution in [2.45, 2.75) is 283 Å². The SMILES string of the molecule is CCCCCCCCCCCCCCCCCCCCCC(=O)NC(CSSC[C@H](NC(=O)CCCCCCCCCCCCCCCCCCCCC)C(=O)OC)C(=O)OC. The lowest BCUT2D eigenvalue weighted by Gasteiger charge is -2.18. The van der Waals surface area contributed by atoms with Crippen LogP contribution in [-0.4, -0.2) is 61.6 Å². The van der Waals surface area contributed by atoms with Crippen LogP contribution in [0.2, 0.25) is 0 Å². The number of methoxy groups -OCH3 is 2. The summed E-state index contributed by atoms with van der Waals surface area (Å²) in [5.74, 6) is -0.679. The highest BCUT2D eigenvalue weighted by molar-refractivity contribution is 8.76. The number of rotatable bonds is 49. The molecule has 366 valence electrons. The normalized spacial score (nSPS) is 12.3. The summed E-state index contributed by atoms with van der Waals surface area (Å²) in [5.41, 5.74) is 0. The van der Waals surface area contributed by atoms with E-state index in [2.05, 4.69) is 24.5 Å². The smallest absolute Gasteiger partial charge is 0.329 e. The first-order valence-electron chi connectivity index (χ1n) is 26.4. The Balaban J connectivity index is 3.95. The highest BCUT2D eigenvalue weighted by Crippen LogP contribution is 2.24. The Bertz CT molecular complexity index is 940. The predicted molar refractivity (Wildman–Crippen MR) is 269 cm³/mol. The molecule has 0 saturated carbocycles. The van der Waals surface area contributed by atoms with Gasteiger partial charge in [0.25, 0.3) is 0 Å². The van der Waals surface area contributed by atoms with Crippen LogP contribution in [0.4, 0.5) is 0 Å². The number of ether oxygens (including phenoxy) is 2. The number of carbonyl (C=O) groups is 4. The van der Waals surface area contributed by atoms with Crippen molar-refractivity contribution in [2.24, 2.45) is 0 Å². The van der Waals surface area contributed by atoms with Gasteiger partial charge in [-0.25, -0.2) is 9.59 Å². The molecule has 0 saturated heterocycles. The summed E-state index contributed by atoms with van der Waals surface area (Å²) in [6, 6.07) is -1.54. The molecular formula is C52H100N2O6S2. The van der Waals surface area contributed by atoms with Crippen LogP contribution in [0.25, 0.3) is 0 Å². The van der Waals surface area contributed by atoms with Gasteiger partial charge >= 0.3 is 11.9 Å². The molecule has 0 fully saturated rings. The molecule has 0 aliphatic carbocycles. The molecule has 0 heterocycles. The van der Waals surface area contributed by atoms with E-state index in [0.717, 1.165) is 38.5 Å². The highest BCUT2D eigenvalue weighted by Gasteiger charge is 2.24. The number of amides is 2. The monoisotopic (exact) mass is 913 g/mol. The lowest BCUT2D eigenvalue weighted by molar-refractivity contribution is -0.144. The minimum atomic E-state index is -0.772.